The van der Waals surface area contributed by atoms with Crippen LogP contribution < -0.4 is 14.8 Å². The number of hydrogen-bond acceptors (Lipinski definition) is 3. The number of ether oxygens (including phenoxy) is 2. The number of carbonyl (C=O) groups is 1. The number of carbonyl (C=O) groups excluding carboxylic acids is 1. The monoisotopic (exact) mass is 324 g/mol. The normalized spacial score (nSPS) is 10.6. The fourth-order valence-electron chi connectivity index (χ4n) is 2.63. The summed E-state index contributed by atoms with van der Waals surface area (Å²) in [4.78, 5) is 12.1. The van der Waals surface area contributed by atoms with E-state index < -0.39 is 0 Å². The van der Waals surface area contributed by atoms with Gasteiger partial charge in [-0.2, -0.15) is 0 Å². The molecule has 0 atom stereocenters. The van der Waals surface area contributed by atoms with Crippen molar-refractivity contribution >= 4 is 16.8 Å². The van der Waals surface area contributed by atoms with Crippen molar-refractivity contribution in [1.82, 2.24) is 9.88 Å². The summed E-state index contributed by atoms with van der Waals surface area (Å²) in [6.07, 6.45) is 2.02. The number of methoxy groups -OCH3 is 2. The maximum atomic E-state index is 12.1. The van der Waals surface area contributed by atoms with E-state index in [0.717, 1.165) is 22.4 Å². The molecule has 2 aromatic carbocycles. The molecule has 0 aliphatic heterocycles. The summed E-state index contributed by atoms with van der Waals surface area (Å²) in [5.74, 6) is 1.49. The summed E-state index contributed by atoms with van der Waals surface area (Å²) in [6.45, 7) is 1.26. The topological polar surface area (TPSA) is 52.5 Å². The van der Waals surface area contributed by atoms with Crippen LogP contribution in [0.1, 0.15) is 10.4 Å². The van der Waals surface area contributed by atoms with E-state index in [1.165, 1.54) is 0 Å². The van der Waals surface area contributed by atoms with E-state index in [4.69, 9.17) is 9.47 Å². The zero-order chi connectivity index (χ0) is 16.9. The summed E-state index contributed by atoms with van der Waals surface area (Å²) in [7, 11) is 3.26. The Kier molecular flexibility index (Phi) is 4.70. The summed E-state index contributed by atoms with van der Waals surface area (Å²) in [5.41, 5.74) is 1.74. The molecular formula is C19H20N2O3. The van der Waals surface area contributed by atoms with Gasteiger partial charge >= 0.3 is 0 Å². The van der Waals surface area contributed by atoms with Gasteiger partial charge in [-0.3, -0.25) is 4.79 Å². The molecule has 0 bridgehead atoms. The minimum Gasteiger partial charge on any atom is -0.497 e. The molecule has 0 fully saturated rings. The molecule has 0 aliphatic carbocycles. The SMILES string of the molecule is COc1ccc(C(=O)NCCn2ccc3cc(OC)ccc32)cc1. The van der Waals surface area contributed by atoms with Gasteiger partial charge in [0.05, 0.1) is 14.2 Å². The quantitative estimate of drug-likeness (QED) is 0.758. The Morgan fingerprint density at radius 1 is 1.00 bits per heavy atom. The van der Waals surface area contributed by atoms with Crippen LogP contribution in [0.2, 0.25) is 0 Å². The Morgan fingerprint density at radius 2 is 1.71 bits per heavy atom. The Hall–Kier alpha value is -2.95. The first kappa shape index (κ1) is 15.9. The first-order valence-corrected chi connectivity index (χ1v) is 7.76. The molecule has 1 aromatic heterocycles. The molecule has 0 radical (unpaired) electrons. The lowest BCUT2D eigenvalue weighted by Crippen LogP contribution is -2.27. The highest BCUT2D eigenvalue weighted by Crippen LogP contribution is 2.21. The van der Waals surface area contributed by atoms with Crippen molar-refractivity contribution in [2.45, 2.75) is 6.54 Å². The maximum absolute atomic E-state index is 12.1. The molecule has 5 heteroatoms. The number of nitrogens with one attached hydrogen (secondary N) is 1. The lowest BCUT2D eigenvalue weighted by atomic mass is 10.2. The number of nitrogens with zero attached hydrogens (tertiary/aromatic N) is 1. The predicted molar refractivity (Wildman–Crippen MR) is 93.8 cm³/mol. The number of aromatic nitrogens is 1. The van der Waals surface area contributed by atoms with Crippen molar-refractivity contribution in [3.63, 3.8) is 0 Å². The van der Waals surface area contributed by atoms with Crippen molar-refractivity contribution in [3.8, 4) is 11.5 Å². The molecular weight excluding hydrogens is 304 g/mol. The number of fused-ring (bicyclic) bond motifs is 1. The first-order valence-electron chi connectivity index (χ1n) is 7.76. The smallest absolute Gasteiger partial charge is 0.251 e. The number of hydrogen-bond donors (Lipinski definition) is 1. The lowest BCUT2D eigenvalue weighted by molar-refractivity contribution is 0.0952. The van der Waals surface area contributed by atoms with E-state index >= 15 is 0 Å². The molecule has 0 unspecified atom stereocenters. The third kappa shape index (κ3) is 3.35. The Bertz CT molecular complexity index is 837. The molecule has 0 aliphatic rings. The van der Waals surface area contributed by atoms with Gasteiger partial charge in [0.2, 0.25) is 0 Å². The molecule has 5 nitrogen and oxygen atoms in total. The molecule has 1 N–H and O–H groups in total. The first-order chi connectivity index (χ1) is 11.7. The average molecular weight is 324 g/mol. The van der Waals surface area contributed by atoms with Crippen LogP contribution >= 0.6 is 0 Å². The van der Waals surface area contributed by atoms with Gasteiger partial charge < -0.3 is 19.4 Å². The average Bonchev–Trinajstić information content (AvgIpc) is 3.04. The Labute approximate surface area is 140 Å². The molecule has 0 saturated heterocycles. The van der Waals surface area contributed by atoms with Crippen molar-refractivity contribution in [3.05, 3.63) is 60.3 Å². The zero-order valence-electron chi connectivity index (χ0n) is 13.8. The summed E-state index contributed by atoms with van der Waals surface area (Å²) in [5, 5.41) is 4.06. The molecule has 3 rings (SSSR count). The third-order valence-corrected chi connectivity index (χ3v) is 3.97. The summed E-state index contributed by atoms with van der Waals surface area (Å²) >= 11 is 0. The van der Waals surface area contributed by atoms with Crippen molar-refractivity contribution in [2.75, 3.05) is 20.8 Å². The summed E-state index contributed by atoms with van der Waals surface area (Å²) in [6, 6.07) is 15.1. The highest BCUT2D eigenvalue weighted by atomic mass is 16.5. The molecule has 3 aromatic rings. The van der Waals surface area contributed by atoms with Gasteiger partial charge in [-0.25, -0.2) is 0 Å². The number of rotatable bonds is 6. The van der Waals surface area contributed by atoms with E-state index in [0.29, 0.717) is 18.7 Å². The van der Waals surface area contributed by atoms with Gasteiger partial charge in [0, 0.05) is 35.8 Å². The second-order valence-corrected chi connectivity index (χ2v) is 5.42. The van der Waals surface area contributed by atoms with E-state index in [1.54, 1.807) is 38.5 Å². The van der Waals surface area contributed by atoms with Gasteiger partial charge in [0.15, 0.2) is 0 Å². The summed E-state index contributed by atoms with van der Waals surface area (Å²) < 4.78 is 12.4. The fraction of sp³-hybridized carbons (Fsp3) is 0.211. The van der Waals surface area contributed by atoms with Gasteiger partial charge in [0.1, 0.15) is 11.5 Å². The van der Waals surface area contributed by atoms with E-state index in [-0.39, 0.29) is 5.91 Å². The Morgan fingerprint density at radius 3 is 2.42 bits per heavy atom. The fourth-order valence-corrected chi connectivity index (χ4v) is 2.63. The molecule has 1 amide bonds. The van der Waals surface area contributed by atoms with Crippen LogP contribution in [0.5, 0.6) is 11.5 Å². The molecule has 0 saturated carbocycles. The second kappa shape index (κ2) is 7.08. The molecule has 24 heavy (non-hydrogen) atoms. The van der Waals surface area contributed by atoms with Crippen LogP contribution in [0.4, 0.5) is 0 Å². The standard InChI is InChI=1S/C19H20N2O3/c1-23-16-5-3-14(4-6-16)19(22)20-10-12-21-11-9-15-13-17(24-2)7-8-18(15)21/h3-9,11,13H,10,12H2,1-2H3,(H,20,22). The van der Waals surface area contributed by atoms with Crippen LogP contribution in [0.15, 0.2) is 54.7 Å². The Balaban J connectivity index is 1.60. The molecule has 1 heterocycles. The largest absolute Gasteiger partial charge is 0.497 e. The lowest BCUT2D eigenvalue weighted by Gasteiger charge is -2.08. The zero-order valence-corrected chi connectivity index (χ0v) is 13.8. The van der Waals surface area contributed by atoms with Crippen molar-refractivity contribution in [2.24, 2.45) is 0 Å². The van der Waals surface area contributed by atoms with E-state index in [9.17, 15) is 4.79 Å². The van der Waals surface area contributed by atoms with E-state index in [1.807, 2.05) is 30.5 Å². The van der Waals surface area contributed by atoms with Crippen molar-refractivity contribution < 1.29 is 14.3 Å². The third-order valence-electron chi connectivity index (χ3n) is 3.97. The number of benzene rings is 2. The van der Waals surface area contributed by atoms with Crippen LogP contribution in [0.25, 0.3) is 10.9 Å². The van der Waals surface area contributed by atoms with Crippen molar-refractivity contribution in [1.29, 1.82) is 0 Å². The minimum atomic E-state index is -0.0872. The van der Waals surface area contributed by atoms with Crippen LogP contribution in [0.3, 0.4) is 0 Å². The van der Waals surface area contributed by atoms with E-state index in [2.05, 4.69) is 9.88 Å². The molecule has 0 spiro atoms. The minimum absolute atomic E-state index is 0.0872. The highest BCUT2D eigenvalue weighted by Gasteiger charge is 2.06. The predicted octanol–water partition coefficient (Wildman–Crippen LogP) is 3.09. The van der Waals surface area contributed by atoms with Gasteiger partial charge in [-0.1, -0.05) is 0 Å². The molecule has 124 valence electrons. The van der Waals surface area contributed by atoms with Crippen LogP contribution in [0, 0.1) is 0 Å². The van der Waals surface area contributed by atoms with Crippen LogP contribution in [-0.4, -0.2) is 31.2 Å². The van der Waals surface area contributed by atoms with Gasteiger partial charge in [-0.05, 0) is 48.5 Å². The number of amides is 1. The van der Waals surface area contributed by atoms with Gasteiger partial charge in [0.25, 0.3) is 5.91 Å². The maximum Gasteiger partial charge on any atom is 0.251 e. The second-order valence-electron chi connectivity index (χ2n) is 5.42. The van der Waals surface area contributed by atoms with Crippen LogP contribution in [-0.2, 0) is 6.54 Å². The van der Waals surface area contributed by atoms with Gasteiger partial charge in [-0.15, -0.1) is 0 Å². The highest BCUT2D eigenvalue weighted by molar-refractivity contribution is 5.94.